The summed E-state index contributed by atoms with van der Waals surface area (Å²) in [6.45, 7) is 0. The maximum Gasteiger partial charge on any atom is 0.222 e. The highest BCUT2D eigenvalue weighted by atomic mass is 32.2. The van der Waals surface area contributed by atoms with Crippen molar-refractivity contribution in [1.82, 2.24) is 9.97 Å². The molecular formula is C15H11N3O3S. The zero-order valence-electron chi connectivity index (χ0n) is 11.3. The third-order valence-electron chi connectivity index (χ3n) is 3.06. The van der Waals surface area contributed by atoms with E-state index in [2.05, 4.69) is 14.7 Å². The number of aromatic nitrogens is 2. The first-order valence-corrected chi connectivity index (χ1v) is 7.50. The van der Waals surface area contributed by atoms with E-state index in [9.17, 15) is 14.5 Å². The number of benzene rings is 2. The van der Waals surface area contributed by atoms with Crippen molar-refractivity contribution >= 4 is 34.2 Å². The van der Waals surface area contributed by atoms with Crippen molar-refractivity contribution in [3.63, 3.8) is 0 Å². The number of carbonyl (C=O) groups is 1. The molecule has 1 unspecified atom stereocenters. The number of fused-ring (bicyclic) bond motifs is 1. The van der Waals surface area contributed by atoms with Gasteiger partial charge < -0.3 is 9.66 Å². The minimum atomic E-state index is -1.57. The molecule has 22 heavy (non-hydrogen) atoms. The van der Waals surface area contributed by atoms with Crippen LogP contribution in [0.5, 0.6) is 5.88 Å². The molecule has 6 nitrogen and oxygen atoms in total. The molecule has 3 rings (SSSR count). The molecule has 0 saturated heterocycles. The number of nitrogens with zero attached hydrogens (tertiary/aromatic N) is 2. The van der Waals surface area contributed by atoms with Crippen LogP contribution in [0.25, 0.3) is 10.9 Å². The van der Waals surface area contributed by atoms with Crippen molar-refractivity contribution < 1.29 is 14.5 Å². The molecule has 0 aliphatic heterocycles. The average Bonchev–Trinajstić information content (AvgIpc) is 2.55. The Labute approximate surface area is 129 Å². The van der Waals surface area contributed by atoms with Gasteiger partial charge in [-0.2, -0.15) is 0 Å². The van der Waals surface area contributed by atoms with Crippen LogP contribution in [0, 0.1) is 0 Å². The minimum absolute atomic E-state index is 0.154. The second-order valence-electron chi connectivity index (χ2n) is 4.46. The summed E-state index contributed by atoms with van der Waals surface area (Å²) in [6.07, 6.45) is 1.96. The van der Waals surface area contributed by atoms with Gasteiger partial charge in [-0.25, -0.2) is 14.7 Å². The second-order valence-corrected chi connectivity index (χ2v) is 5.64. The van der Waals surface area contributed by atoms with Crippen molar-refractivity contribution in [2.45, 2.75) is 4.90 Å². The molecular weight excluding hydrogens is 302 g/mol. The first kappa shape index (κ1) is 14.3. The Morgan fingerprint density at radius 2 is 1.91 bits per heavy atom. The quantitative estimate of drug-likeness (QED) is 0.566. The van der Waals surface area contributed by atoms with Gasteiger partial charge in [0.2, 0.25) is 10.8 Å². The zero-order valence-corrected chi connectivity index (χ0v) is 12.1. The lowest BCUT2D eigenvalue weighted by Gasteiger charge is -2.13. The highest BCUT2D eigenvalue weighted by Gasteiger charge is 2.18. The fraction of sp³-hybridized carbons (Fsp3) is 0. The van der Waals surface area contributed by atoms with Crippen molar-refractivity contribution in [3.8, 4) is 5.88 Å². The highest BCUT2D eigenvalue weighted by molar-refractivity contribution is 7.93. The van der Waals surface area contributed by atoms with Gasteiger partial charge in [0.05, 0.1) is 11.1 Å². The van der Waals surface area contributed by atoms with Crippen LogP contribution >= 0.6 is 0 Å². The van der Waals surface area contributed by atoms with Gasteiger partial charge in [0, 0.05) is 5.56 Å². The summed E-state index contributed by atoms with van der Waals surface area (Å²) in [5.41, 5.74) is 1.57. The van der Waals surface area contributed by atoms with E-state index in [-0.39, 0.29) is 5.88 Å². The van der Waals surface area contributed by atoms with Gasteiger partial charge in [-0.15, -0.1) is 0 Å². The normalized spacial score (nSPS) is 12.0. The van der Waals surface area contributed by atoms with Gasteiger partial charge in [0.15, 0.2) is 0 Å². The average molecular weight is 313 g/mol. The maximum absolute atomic E-state index is 12.5. The smallest absolute Gasteiger partial charge is 0.222 e. The lowest BCUT2D eigenvalue weighted by Crippen LogP contribution is -2.13. The molecule has 0 saturated carbocycles. The van der Waals surface area contributed by atoms with Gasteiger partial charge in [-0.1, -0.05) is 6.07 Å². The Hall–Kier alpha value is -2.64. The summed E-state index contributed by atoms with van der Waals surface area (Å²) < 4.78 is 15.3. The van der Waals surface area contributed by atoms with E-state index in [4.69, 9.17) is 0 Å². The van der Waals surface area contributed by atoms with Crippen LogP contribution in [-0.4, -0.2) is 25.9 Å². The molecule has 2 N–H and O–H groups in total. The fourth-order valence-electron chi connectivity index (χ4n) is 1.99. The standard InChI is InChI=1S/C15H11N3O3S/c19-8-10-4-6-11(7-5-10)18-22(21)13-3-1-2-12-14(13)16-9-17-15(12)20/h1-9,18H,(H,16,17,20). The highest BCUT2D eigenvalue weighted by Crippen LogP contribution is 2.27. The number of carbonyl (C=O) groups excluding carboxylic acids is 1. The molecule has 0 bridgehead atoms. The van der Waals surface area contributed by atoms with E-state index in [1.165, 1.54) is 6.33 Å². The molecule has 110 valence electrons. The number of hydrogen-bond acceptors (Lipinski definition) is 6. The summed E-state index contributed by atoms with van der Waals surface area (Å²) in [7, 11) is 0. The molecule has 0 aliphatic rings. The van der Waals surface area contributed by atoms with Gasteiger partial charge in [0.25, 0.3) is 0 Å². The largest absolute Gasteiger partial charge is 0.588 e. The lowest BCUT2D eigenvalue weighted by atomic mass is 10.2. The SMILES string of the molecule is O=Cc1ccc(N[S+]([O-])c2cccc3c(O)ncnc23)cc1. The summed E-state index contributed by atoms with van der Waals surface area (Å²) in [5, 5.41) is 10.2. The first-order chi connectivity index (χ1) is 10.7. The second kappa shape index (κ2) is 6.00. The van der Waals surface area contributed by atoms with Crippen LogP contribution in [0.15, 0.2) is 53.7 Å². The summed E-state index contributed by atoms with van der Waals surface area (Å²) >= 11 is -1.57. The minimum Gasteiger partial charge on any atom is -0.588 e. The number of hydrogen-bond donors (Lipinski definition) is 2. The lowest BCUT2D eigenvalue weighted by molar-refractivity contribution is 0.112. The summed E-state index contributed by atoms with van der Waals surface area (Å²) in [5.74, 6) is -0.154. The van der Waals surface area contributed by atoms with Gasteiger partial charge in [-0.05, 0) is 36.4 Å². The van der Waals surface area contributed by atoms with E-state index in [1.807, 2.05) is 0 Å². The Balaban J connectivity index is 1.93. The van der Waals surface area contributed by atoms with Crippen LogP contribution in [0.3, 0.4) is 0 Å². The molecule has 0 spiro atoms. The van der Waals surface area contributed by atoms with E-state index >= 15 is 0 Å². The molecule has 2 aromatic carbocycles. The molecule has 0 amide bonds. The van der Waals surface area contributed by atoms with Crippen LogP contribution in [0.4, 0.5) is 5.69 Å². The van der Waals surface area contributed by atoms with E-state index in [0.29, 0.717) is 27.0 Å². The molecule has 1 atom stereocenters. The predicted octanol–water partition coefficient (Wildman–Crippen LogP) is 2.28. The maximum atomic E-state index is 12.5. The van der Waals surface area contributed by atoms with Gasteiger partial charge >= 0.3 is 0 Å². The molecule has 3 aromatic rings. The summed E-state index contributed by atoms with van der Waals surface area (Å²) in [4.78, 5) is 18.8. The molecule has 7 heteroatoms. The number of rotatable bonds is 4. The number of aromatic hydroxyl groups is 1. The van der Waals surface area contributed by atoms with Crippen molar-refractivity contribution in [2.75, 3.05) is 4.72 Å². The Morgan fingerprint density at radius 1 is 1.14 bits per heavy atom. The fourth-order valence-corrected chi connectivity index (χ4v) is 2.99. The summed E-state index contributed by atoms with van der Waals surface area (Å²) in [6, 6.07) is 11.6. The molecule has 1 aromatic heterocycles. The number of nitrogens with one attached hydrogen (secondary N) is 1. The molecule has 0 aliphatic carbocycles. The Bertz CT molecular complexity index is 824. The zero-order chi connectivity index (χ0) is 15.5. The third kappa shape index (κ3) is 2.72. The molecule has 0 fully saturated rings. The van der Waals surface area contributed by atoms with E-state index in [1.54, 1.807) is 42.5 Å². The van der Waals surface area contributed by atoms with Crippen molar-refractivity contribution in [3.05, 3.63) is 54.4 Å². The topological polar surface area (TPSA) is 98.2 Å². The Kier molecular flexibility index (Phi) is 3.90. The van der Waals surface area contributed by atoms with Crippen LogP contribution in [0.1, 0.15) is 10.4 Å². The van der Waals surface area contributed by atoms with Crippen molar-refractivity contribution in [1.29, 1.82) is 0 Å². The number of para-hydroxylation sites is 1. The van der Waals surface area contributed by atoms with Gasteiger partial charge in [-0.3, -0.25) is 4.79 Å². The number of anilines is 1. The number of aldehydes is 1. The van der Waals surface area contributed by atoms with Crippen LogP contribution < -0.4 is 4.72 Å². The van der Waals surface area contributed by atoms with Gasteiger partial charge in [0.1, 0.15) is 29.5 Å². The first-order valence-electron chi connectivity index (χ1n) is 6.35. The van der Waals surface area contributed by atoms with Crippen LogP contribution in [0.2, 0.25) is 0 Å². The third-order valence-corrected chi connectivity index (χ3v) is 4.21. The molecule has 0 radical (unpaired) electrons. The molecule has 1 heterocycles. The van der Waals surface area contributed by atoms with E-state index < -0.39 is 11.4 Å². The Morgan fingerprint density at radius 3 is 2.64 bits per heavy atom. The predicted molar refractivity (Wildman–Crippen MR) is 83.1 cm³/mol. The van der Waals surface area contributed by atoms with Crippen molar-refractivity contribution in [2.24, 2.45) is 0 Å². The monoisotopic (exact) mass is 313 g/mol. The van der Waals surface area contributed by atoms with Crippen LogP contribution in [-0.2, 0) is 11.4 Å². The van der Waals surface area contributed by atoms with E-state index in [0.717, 1.165) is 6.29 Å².